The van der Waals surface area contributed by atoms with Crippen LogP contribution < -0.4 is 5.32 Å². The number of hydrogen-bond acceptors (Lipinski definition) is 3. The first kappa shape index (κ1) is 11.7. The molecule has 0 aromatic carbocycles. The molecule has 3 nitrogen and oxygen atoms in total. The van der Waals surface area contributed by atoms with Crippen LogP contribution in [0.4, 0.5) is 5.82 Å². The molecule has 14 heavy (non-hydrogen) atoms. The Balaban J connectivity index is 2.56. The molecule has 0 spiro atoms. The van der Waals surface area contributed by atoms with Gasteiger partial charge in [0.2, 0.25) is 0 Å². The van der Waals surface area contributed by atoms with Crippen molar-refractivity contribution >= 4 is 28.4 Å². The summed E-state index contributed by atoms with van der Waals surface area (Å²) in [6.45, 7) is 6.63. The van der Waals surface area contributed by atoms with Crippen molar-refractivity contribution in [3.8, 4) is 0 Å². The molecule has 0 amide bonds. The van der Waals surface area contributed by atoms with Crippen LogP contribution in [0.2, 0.25) is 0 Å². The molecule has 0 radical (unpaired) electrons. The van der Waals surface area contributed by atoms with Crippen LogP contribution in [-0.2, 0) is 0 Å². The molecular weight excluding hydrogens is 289 g/mol. The van der Waals surface area contributed by atoms with Gasteiger partial charge in [-0.05, 0) is 41.9 Å². The fourth-order valence-electron chi connectivity index (χ4n) is 1.42. The van der Waals surface area contributed by atoms with Gasteiger partial charge in [-0.25, -0.2) is 9.97 Å². The monoisotopic (exact) mass is 305 g/mol. The minimum absolute atomic E-state index is 0.457. The zero-order valence-electron chi connectivity index (χ0n) is 8.79. The van der Waals surface area contributed by atoms with Gasteiger partial charge in [-0.2, -0.15) is 0 Å². The summed E-state index contributed by atoms with van der Waals surface area (Å²) in [4.78, 5) is 8.15. The average molecular weight is 305 g/mol. The molecular formula is C10H16IN3. The zero-order chi connectivity index (χ0) is 10.6. The second-order valence-electron chi connectivity index (χ2n) is 3.89. The van der Waals surface area contributed by atoms with Crippen molar-refractivity contribution in [2.45, 2.75) is 33.2 Å². The highest BCUT2D eigenvalue weighted by atomic mass is 127. The van der Waals surface area contributed by atoms with Gasteiger partial charge < -0.3 is 5.32 Å². The van der Waals surface area contributed by atoms with Crippen molar-refractivity contribution in [2.24, 2.45) is 5.92 Å². The van der Waals surface area contributed by atoms with E-state index >= 15 is 0 Å². The Morgan fingerprint density at radius 1 is 1.43 bits per heavy atom. The van der Waals surface area contributed by atoms with Crippen LogP contribution >= 0.6 is 22.6 Å². The molecule has 0 saturated heterocycles. The summed E-state index contributed by atoms with van der Waals surface area (Å²) in [6, 6.07) is 0.457. The van der Waals surface area contributed by atoms with Crippen LogP contribution in [0.25, 0.3) is 0 Å². The van der Waals surface area contributed by atoms with Crippen molar-refractivity contribution in [3.05, 3.63) is 16.1 Å². The predicted molar refractivity (Wildman–Crippen MR) is 67.3 cm³/mol. The Labute approximate surface area is 98.9 Å². The molecule has 0 aliphatic rings. The van der Waals surface area contributed by atoms with E-state index in [0.717, 1.165) is 15.8 Å². The molecule has 1 aromatic rings. The number of nitrogens with one attached hydrogen (secondary N) is 1. The maximum absolute atomic E-state index is 4.20. The van der Waals surface area contributed by atoms with Crippen LogP contribution in [0.1, 0.15) is 27.2 Å². The third kappa shape index (κ3) is 3.77. The first-order valence-electron chi connectivity index (χ1n) is 4.81. The summed E-state index contributed by atoms with van der Waals surface area (Å²) >= 11 is 2.24. The van der Waals surface area contributed by atoms with E-state index in [1.807, 2.05) is 6.20 Å². The van der Waals surface area contributed by atoms with Crippen molar-refractivity contribution in [1.29, 1.82) is 0 Å². The average Bonchev–Trinajstić information content (AvgIpc) is 2.07. The van der Waals surface area contributed by atoms with Crippen LogP contribution in [0.15, 0.2) is 12.5 Å². The van der Waals surface area contributed by atoms with Crippen molar-refractivity contribution in [2.75, 3.05) is 5.32 Å². The molecule has 1 aromatic heterocycles. The largest absolute Gasteiger partial charge is 0.367 e. The fourth-order valence-corrected chi connectivity index (χ4v) is 1.87. The lowest BCUT2D eigenvalue weighted by atomic mass is 10.1. The molecule has 0 saturated carbocycles. The second kappa shape index (κ2) is 5.48. The minimum atomic E-state index is 0.457. The van der Waals surface area contributed by atoms with E-state index in [4.69, 9.17) is 0 Å². The maximum Gasteiger partial charge on any atom is 0.143 e. The lowest BCUT2D eigenvalue weighted by molar-refractivity contribution is 0.538. The zero-order valence-corrected chi connectivity index (χ0v) is 10.9. The van der Waals surface area contributed by atoms with Gasteiger partial charge in [0.15, 0.2) is 0 Å². The molecule has 0 aliphatic carbocycles. The van der Waals surface area contributed by atoms with E-state index in [2.05, 4.69) is 58.6 Å². The SMILES string of the molecule is CC(C)CC(C)Nc1ncncc1I. The summed E-state index contributed by atoms with van der Waals surface area (Å²) in [5.41, 5.74) is 0. The van der Waals surface area contributed by atoms with Crippen molar-refractivity contribution in [1.82, 2.24) is 9.97 Å². The number of anilines is 1. The van der Waals surface area contributed by atoms with Gasteiger partial charge in [0, 0.05) is 12.2 Å². The number of nitrogens with zero attached hydrogens (tertiary/aromatic N) is 2. The third-order valence-corrected chi connectivity index (χ3v) is 2.67. The van der Waals surface area contributed by atoms with Crippen LogP contribution in [0, 0.1) is 9.49 Å². The molecule has 1 N–H and O–H groups in total. The second-order valence-corrected chi connectivity index (χ2v) is 5.06. The Morgan fingerprint density at radius 2 is 2.14 bits per heavy atom. The highest BCUT2D eigenvalue weighted by Gasteiger charge is 2.07. The number of hydrogen-bond donors (Lipinski definition) is 1. The summed E-state index contributed by atoms with van der Waals surface area (Å²) in [7, 11) is 0. The summed E-state index contributed by atoms with van der Waals surface area (Å²) in [6.07, 6.45) is 4.55. The lowest BCUT2D eigenvalue weighted by Gasteiger charge is -2.16. The number of halogens is 1. The van der Waals surface area contributed by atoms with Gasteiger partial charge in [-0.15, -0.1) is 0 Å². The molecule has 1 atom stereocenters. The number of aromatic nitrogens is 2. The summed E-state index contributed by atoms with van der Waals surface area (Å²) in [5, 5.41) is 3.38. The van der Waals surface area contributed by atoms with E-state index in [1.165, 1.54) is 0 Å². The smallest absolute Gasteiger partial charge is 0.143 e. The van der Waals surface area contributed by atoms with Gasteiger partial charge in [0.05, 0.1) is 3.57 Å². The molecule has 0 fully saturated rings. The van der Waals surface area contributed by atoms with Gasteiger partial charge in [0.25, 0.3) is 0 Å². The molecule has 1 rings (SSSR count). The Bertz CT molecular complexity index is 288. The first-order chi connectivity index (χ1) is 6.59. The van der Waals surface area contributed by atoms with Gasteiger partial charge in [-0.3, -0.25) is 0 Å². The minimum Gasteiger partial charge on any atom is -0.367 e. The molecule has 0 aliphatic heterocycles. The summed E-state index contributed by atoms with van der Waals surface area (Å²) < 4.78 is 1.07. The normalized spacial score (nSPS) is 12.9. The third-order valence-electron chi connectivity index (χ3n) is 1.88. The fraction of sp³-hybridized carbons (Fsp3) is 0.600. The van der Waals surface area contributed by atoms with Gasteiger partial charge >= 0.3 is 0 Å². The Kier molecular flexibility index (Phi) is 4.57. The number of rotatable bonds is 4. The molecule has 0 bridgehead atoms. The summed E-state index contributed by atoms with van der Waals surface area (Å²) in [5.74, 6) is 1.64. The Morgan fingerprint density at radius 3 is 2.71 bits per heavy atom. The Hall–Kier alpha value is -0.390. The molecule has 1 unspecified atom stereocenters. The molecule has 4 heteroatoms. The topological polar surface area (TPSA) is 37.8 Å². The molecule has 78 valence electrons. The van der Waals surface area contributed by atoms with E-state index in [0.29, 0.717) is 12.0 Å². The highest BCUT2D eigenvalue weighted by Crippen LogP contribution is 2.15. The predicted octanol–water partition coefficient (Wildman–Crippen LogP) is 2.93. The van der Waals surface area contributed by atoms with Crippen LogP contribution in [0.5, 0.6) is 0 Å². The van der Waals surface area contributed by atoms with Gasteiger partial charge in [-0.1, -0.05) is 13.8 Å². The van der Waals surface area contributed by atoms with E-state index in [9.17, 15) is 0 Å². The van der Waals surface area contributed by atoms with Crippen LogP contribution in [-0.4, -0.2) is 16.0 Å². The quantitative estimate of drug-likeness (QED) is 0.869. The van der Waals surface area contributed by atoms with Crippen LogP contribution in [0.3, 0.4) is 0 Å². The van der Waals surface area contributed by atoms with Crippen molar-refractivity contribution in [3.63, 3.8) is 0 Å². The van der Waals surface area contributed by atoms with E-state index in [-0.39, 0.29) is 0 Å². The highest BCUT2D eigenvalue weighted by molar-refractivity contribution is 14.1. The molecule has 1 heterocycles. The van der Waals surface area contributed by atoms with Crippen molar-refractivity contribution < 1.29 is 0 Å². The standard InChI is InChI=1S/C10H16IN3/c1-7(2)4-8(3)14-10-9(11)5-12-6-13-10/h5-8H,4H2,1-3H3,(H,12,13,14). The lowest BCUT2D eigenvalue weighted by Crippen LogP contribution is -2.18. The van der Waals surface area contributed by atoms with E-state index < -0.39 is 0 Å². The van der Waals surface area contributed by atoms with E-state index in [1.54, 1.807) is 6.33 Å². The maximum atomic E-state index is 4.20. The van der Waals surface area contributed by atoms with Gasteiger partial charge in [0.1, 0.15) is 12.1 Å². The first-order valence-corrected chi connectivity index (χ1v) is 5.89.